The number of halogens is 1. The molecule has 1 aromatic heterocycles. The van der Waals surface area contributed by atoms with Crippen LogP contribution >= 0.6 is 11.3 Å². The largest absolute Gasteiger partial charge is 0.385 e. The van der Waals surface area contributed by atoms with Crippen LogP contribution in [0.3, 0.4) is 0 Å². The molecule has 1 N–H and O–H groups in total. The summed E-state index contributed by atoms with van der Waals surface area (Å²) in [4.78, 5) is 4.65. The number of benzene rings is 2. The van der Waals surface area contributed by atoms with Crippen LogP contribution in [-0.2, 0) is 0 Å². The number of hydrogen-bond acceptors (Lipinski definition) is 3. The smallest absolute Gasteiger partial charge is 0.125 e. The van der Waals surface area contributed by atoms with Crippen molar-refractivity contribution in [1.82, 2.24) is 4.98 Å². The zero-order chi connectivity index (χ0) is 13.5. The van der Waals surface area contributed by atoms with Gasteiger partial charge in [-0.25, -0.2) is 9.37 Å². The van der Waals surface area contributed by atoms with Crippen molar-refractivity contribution in [3.63, 3.8) is 0 Å². The van der Waals surface area contributed by atoms with Crippen LogP contribution < -0.4 is 5.32 Å². The third-order valence-corrected chi connectivity index (χ3v) is 4.90. The van der Waals surface area contributed by atoms with Crippen LogP contribution in [0.1, 0.15) is 22.9 Å². The van der Waals surface area contributed by atoms with E-state index in [0.29, 0.717) is 5.92 Å². The summed E-state index contributed by atoms with van der Waals surface area (Å²) < 4.78 is 14.3. The topological polar surface area (TPSA) is 24.9 Å². The lowest BCUT2D eigenvalue weighted by Crippen LogP contribution is -2.17. The molecule has 20 heavy (non-hydrogen) atoms. The molecule has 2 heterocycles. The molecule has 0 saturated carbocycles. The maximum atomic E-state index is 13.3. The average Bonchev–Trinajstić information content (AvgIpc) is 2.89. The zero-order valence-electron chi connectivity index (χ0n) is 10.8. The molecule has 1 aliphatic rings. The summed E-state index contributed by atoms with van der Waals surface area (Å²) in [5.74, 6) is 0.0907. The fourth-order valence-electron chi connectivity index (χ4n) is 2.79. The number of aromatic nitrogens is 1. The van der Waals surface area contributed by atoms with Crippen molar-refractivity contribution in [3.05, 3.63) is 58.9 Å². The predicted octanol–water partition coefficient (Wildman–Crippen LogP) is 4.38. The van der Waals surface area contributed by atoms with E-state index < -0.39 is 0 Å². The number of rotatable bonds is 1. The molecular weight excluding hydrogens is 271 g/mol. The Labute approximate surface area is 120 Å². The molecule has 4 rings (SSSR count). The van der Waals surface area contributed by atoms with Gasteiger partial charge in [0, 0.05) is 24.2 Å². The van der Waals surface area contributed by atoms with E-state index in [1.807, 2.05) is 12.1 Å². The van der Waals surface area contributed by atoms with Gasteiger partial charge in [0.2, 0.25) is 0 Å². The van der Waals surface area contributed by atoms with Gasteiger partial charge in [-0.05, 0) is 30.2 Å². The van der Waals surface area contributed by atoms with Crippen LogP contribution in [0.4, 0.5) is 10.1 Å². The normalized spacial score (nSPS) is 17.8. The van der Waals surface area contributed by atoms with Gasteiger partial charge in [-0.3, -0.25) is 0 Å². The van der Waals surface area contributed by atoms with Crippen LogP contribution in [0.15, 0.2) is 42.5 Å². The minimum atomic E-state index is -0.222. The Hall–Kier alpha value is -1.94. The van der Waals surface area contributed by atoms with Gasteiger partial charge in [0.15, 0.2) is 0 Å². The van der Waals surface area contributed by atoms with Gasteiger partial charge in [-0.15, -0.1) is 11.3 Å². The van der Waals surface area contributed by atoms with Crippen molar-refractivity contribution >= 4 is 27.2 Å². The molecule has 0 bridgehead atoms. The molecular formula is C16H13FN2S. The van der Waals surface area contributed by atoms with E-state index in [0.717, 1.165) is 28.2 Å². The molecule has 0 saturated heterocycles. The molecule has 2 aromatic carbocycles. The summed E-state index contributed by atoms with van der Waals surface area (Å²) in [5.41, 5.74) is 3.24. The van der Waals surface area contributed by atoms with Crippen LogP contribution in [-0.4, -0.2) is 11.5 Å². The first kappa shape index (κ1) is 11.9. The SMILES string of the molecule is Fc1ccc2sc(C3CCNc4ccccc43)nc2c1. The minimum Gasteiger partial charge on any atom is -0.385 e. The summed E-state index contributed by atoms with van der Waals surface area (Å²) in [7, 11) is 0. The molecule has 1 aliphatic heterocycles. The molecule has 4 heteroatoms. The fourth-order valence-corrected chi connectivity index (χ4v) is 3.89. The number of thiazole rings is 1. The molecule has 0 spiro atoms. The van der Waals surface area contributed by atoms with E-state index in [4.69, 9.17) is 0 Å². The van der Waals surface area contributed by atoms with Crippen molar-refractivity contribution in [2.24, 2.45) is 0 Å². The number of para-hydroxylation sites is 1. The summed E-state index contributed by atoms with van der Waals surface area (Å²) >= 11 is 1.67. The van der Waals surface area contributed by atoms with Gasteiger partial charge >= 0.3 is 0 Å². The minimum absolute atomic E-state index is 0.222. The Bertz CT molecular complexity index is 781. The Balaban J connectivity index is 1.84. The quantitative estimate of drug-likeness (QED) is 0.717. The Kier molecular flexibility index (Phi) is 2.70. The van der Waals surface area contributed by atoms with E-state index >= 15 is 0 Å². The molecule has 1 unspecified atom stereocenters. The fraction of sp³-hybridized carbons (Fsp3) is 0.188. The number of hydrogen-bond donors (Lipinski definition) is 1. The average molecular weight is 284 g/mol. The van der Waals surface area contributed by atoms with Gasteiger partial charge in [-0.2, -0.15) is 0 Å². The van der Waals surface area contributed by atoms with Crippen molar-refractivity contribution < 1.29 is 4.39 Å². The van der Waals surface area contributed by atoms with E-state index in [2.05, 4.69) is 28.5 Å². The van der Waals surface area contributed by atoms with Gasteiger partial charge in [0.25, 0.3) is 0 Å². The second kappa shape index (κ2) is 4.56. The molecule has 100 valence electrons. The Morgan fingerprint density at radius 1 is 1.20 bits per heavy atom. The molecule has 0 fully saturated rings. The zero-order valence-corrected chi connectivity index (χ0v) is 11.6. The number of nitrogens with one attached hydrogen (secondary N) is 1. The van der Waals surface area contributed by atoms with Crippen molar-refractivity contribution in [3.8, 4) is 0 Å². The molecule has 0 radical (unpaired) electrons. The predicted molar refractivity (Wildman–Crippen MR) is 81.0 cm³/mol. The molecule has 0 amide bonds. The summed E-state index contributed by atoms with van der Waals surface area (Å²) in [6.07, 6.45) is 1.03. The second-order valence-corrected chi connectivity index (χ2v) is 6.08. The standard InChI is InChI=1S/C16H13FN2S/c17-10-5-6-15-14(9-10)19-16(20-15)12-7-8-18-13-4-2-1-3-11(12)13/h1-6,9,12,18H,7-8H2. The molecule has 1 atom stereocenters. The highest BCUT2D eigenvalue weighted by molar-refractivity contribution is 7.18. The molecule has 3 aromatic rings. The number of fused-ring (bicyclic) bond motifs is 2. The van der Waals surface area contributed by atoms with Crippen LogP contribution in [0.2, 0.25) is 0 Å². The third-order valence-electron chi connectivity index (χ3n) is 3.75. The number of anilines is 1. The van der Waals surface area contributed by atoms with Crippen molar-refractivity contribution in [2.75, 3.05) is 11.9 Å². The van der Waals surface area contributed by atoms with Crippen LogP contribution in [0.5, 0.6) is 0 Å². The van der Waals surface area contributed by atoms with Crippen LogP contribution in [0.25, 0.3) is 10.2 Å². The highest BCUT2D eigenvalue weighted by atomic mass is 32.1. The van der Waals surface area contributed by atoms with Gasteiger partial charge < -0.3 is 5.32 Å². The summed E-state index contributed by atoms with van der Waals surface area (Å²) in [5, 5.41) is 4.50. The Morgan fingerprint density at radius 2 is 2.10 bits per heavy atom. The maximum Gasteiger partial charge on any atom is 0.125 e. The van der Waals surface area contributed by atoms with Crippen molar-refractivity contribution in [2.45, 2.75) is 12.3 Å². The first-order valence-corrected chi connectivity index (χ1v) is 7.52. The first-order chi connectivity index (χ1) is 9.81. The lowest BCUT2D eigenvalue weighted by molar-refractivity contribution is 0.629. The van der Waals surface area contributed by atoms with Gasteiger partial charge in [0.1, 0.15) is 10.8 Å². The molecule has 0 aliphatic carbocycles. The van der Waals surface area contributed by atoms with Gasteiger partial charge in [-0.1, -0.05) is 18.2 Å². The Morgan fingerprint density at radius 3 is 3.05 bits per heavy atom. The van der Waals surface area contributed by atoms with E-state index in [-0.39, 0.29) is 5.82 Å². The third kappa shape index (κ3) is 1.88. The summed E-state index contributed by atoms with van der Waals surface area (Å²) in [6.45, 7) is 0.950. The van der Waals surface area contributed by atoms with Gasteiger partial charge in [0.05, 0.1) is 10.2 Å². The first-order valence-electron chi connectivity index (χ1n) is 6.70. The second-order valence-electron chi connectivity index (χ2n) is 5.02. The highest BCUT2D eigenvalue weighted by Gasteiger charge is 2.24. The van der Waals surface area contributed by atoms with E-state index in [9.17, 15) is 4.39 Å². The van der Waals surface area contributed by atoms with E-state index in [1.165, 1.54) is 23.4 Å². The number of nitrogens with zero attached hydrogens (tertiary/aromatic N) is 1. The lowest BCUT2D eigenvalue weighted by Gasteiger charge is -2.25. The van der Waals surface area contributed by atoms with E-state index in [1.54, 1.807) is 11.3 Å². The monoisotopic (exact) mass is 284 g/mol. The van der Waals surface area contributed by atoms with Crippen molar-refractivity contribution in [1.29, 1.82) is 0 Å². The maximum absolute atomic E-state index is 13.3. The highest BCUT2D eigenvalue weighted by Crippen LogP contribution is 2.39. The lowest BCUT2D eigenvalue weighted by atomic mass is 9.91. The molecule has 2 nitrogen and oxygen atoms in total. The van der Waals surface area contributed by atoms with Crippen LogP contribution in [0, 0.1) is 5.82 Å². The summed E-state index contributed by atoms with van der Waals surface area (Å²) in [6, 6.07) is 13.2.